The second kappa shape index (κ2) is 6.32. The third-order valence-electron chi connectivity index (χ3n) is 4.83. The zero-order valence-electron chi connectivity index (χ0n) is 13.1. The van der Waals surface area contributed by atoms with Crippen LogP contribution < -0.4 is 4.90 Å². The van der Waals surface area contributed by atoms with E-state index in [0.29, 0.717) is 11.8 Å². The Kier molecular flexibility index (Phi) is 4.04. The number of rotatable bonds is 3. The summed E-state index contributed by atoms with van der Waals surface area (Å²) < 4.78 is 0. The van der Waals surface area contributed by atoms with Crippen LogP contribution in [0.25, 0.3) is 0 Å². The van der Waals surface area contributed by atoms with Gasteiger partial charge in [-0.2, -0.15) is 0 Å². The smallest absolute Gasteiger partial charge is 0.226 e. The van der Waals surface area contributed by atoms with Crippen LogP contribution in [0.2, 0.25) is 0 Å². The van der Waals surface area contributed by atoms with Crippen molar-refractivity contribution in [1.29, 1.82) is 0 Å². The molecule has 2 heterocycles. The molecule has 2 aromatic rings. The molecule has 0 spiro atoms. The minimum Gasteiger partial charge on any atom is -0.346 e. The van der Waals surface area contributed by atoms with Crippen molar-refractivity contribution < 1.29 is 4.79 Å². The van der Waals surface area contributed by atoms with E-state index in [9.17, 15) is 4.79 Å². The first-order chi connectivity index (χ1) is 11.3. The van der Waals surface area contributed by atoms with Gasteiger partial charge in [-0.15, -0.1) is 11.3 Å². The number of benzene rings is 1. The molecule has 0 radical (unpaired) electrons. The van der Waals surface area contributed by atoms with Crippen molar-refractivity contribution in [3.8, 4) is 0 Å². The molecule has 1 aliphatic heterocycles. The summed E-state index contributed by atoms with van der Waals surface area (Å²) in [5, 5.41) is 3.09. The van der Waals surface area contributed by atoms with Gasteiger partial charge in [0.2, 0.25) is 5.91 Å². The standard InChI is InChI=1S/C18H21N3OS/c22-17(16-13-15(16)14-5-2-1-3-6-14)20-8-4-9-21(11-10-20)18-19-7-12-23-18/h1-3,5-7,12,15-16H,4,8-11,13H2/t15-,16-/m0/s1. The number of hydrogen-bond acceptors (Lipinski definition) is 4. The summed E-state index contributed by atoms with van der Waals surface area (Å²) in [4.78, 5) is 21.6. The fourth-order valence-electron chi connectivity index (χ4n) is 3.47. The first-order valence-corrected chi connectivity index (χ1v) is 9.19. The maximum Gasteiger partial charge on any atom is 0.226 e. The zero-order valence-corrected chi connectivity index (χ0v) is 13.9. The lowest BCUT2D eigenvalue weighted by atomic mass is 10.1. The van der Waals surface area contributed by atoms with Gasteiger partial charge in [-0.05, 0) is 24.3 Å². The van der Waals surface area contributed by atoms with E-state index >= 15 is 0 Å². The minimum atomic E-state index is 0.198. The van der Waals surface area contributed by atoms with Crippen molar-refractivity contribution in [2.75, 3.05) is 31.1 Å². The maximum atomic E-state index is 12.8. The summed E-state index contributed by atoms with van der Waals surface area (Å²) in [6, 6.07) is 10.4. The van der Waals surface area contributed by atoms with Gasteiger partial charge in [-0.25, -0.2) is 4.98 Å². The number of aromatic nitrogens is 1. The Balaban J connectivity index is 1.37. The number of carbonyl (C=O) groups excluding carboxylic acids is 1. The summed E-state index contributed by atoms with van der Waals surface area (Å²) in [5.41, 5.74) is 1.31. The molecule has 0 bridgehead atoms. The molecule has 4 rings (SSSR count). The van der Waals surface area contributed by atoms with E-state index in [4.69, 9.17) is 0 Å². The number of amides is 1. The van der Waals surface area contributed by atoms with Crippen LogP contribution in [0.15, 0.2) is 41.9 Å². The first-order valence-electron chi connectivity index (χ1n) is 8.31. The molecule has 2 atom stereocenters. The Morgan fingerprint density at radius 3 is 2.78 bits per heavy atom. The molecule has 2 fully saturated rings. The maximum absolute atomic E-state index is 12.8. The summed E-state index contributed by atoms with van der Waals surface area (Å²) in [6.45, 7) is 3.57. The third kappa shape index (κ3) is 3.11. The van der Waals surface area contributed by atoms with E-state index in [0.717, 1.165) is 44.2 Å². The normalized spacial score (nSPS) is 24.3. The average molecular weight is 327 g/mol. The number of anilines is 1. The Hall–Kier alpha value is -1.88. The Labute approximate surface area is 140 Å². The SMILES string of the molecule is O=C([C@H]1C[C@H]1c1ccccc1)N1CCCN(c2nccs2)CC1. The highest BCUT2D eigenvalue weighted by atomic mass is 32.1. The largest absolute Gasteiger partial charge is 0.346 e. The molecular formula is C18H21N3OS. The van der Waals surface area contributed by atoms with Gasteiger partial charge in [-0.3, -0.25) is 4.79 Å². The minimum absolute atomic E-state index is 0.198. The van der Waals surface area contributed by atoms with Crippen molar-refractivity contribution in [2.24, 2.45) is 5.92 Å². The Morgan fingerprint density at radius 2 is 2.00 bits per heavy atom. The van der Waals surface area contributed by atoms with Crippen LogP contribution in [0.4, 0.5) is 5.13 Å². The highest BCUT2D eigenvalue weighted by Crippen LogP contribution is 2.48. The fraction of sp³-hybridized carbons (Fsp3) is 0.444. The predicted octanol–water partition coefficient (Wildman–Crippen LogP) is 2.99. The summed E-state index contributed by atoms with van der Waals surface area (Å²) >= 11 is 1.68. The van der Waals surface area contributed by atoms with Gasteiger partial charge >= 0.3 is 0 Å². The van der Waals surface area contributed by atoms with Gasteiger partial charge in [0, 0.05) is 43.7 Å². The average Bonchev–Trinajstić information content (AvgIpc) is 3.29. The van der Waals surface area contributed by atoms with E-state index in [-0.39, 0.29) is 5.92 Å². The van der Waals surface area contributed by atoms with Gasteiger partial charge in [0.05, 0.1) is 0 Å². The molecule has 0 N–H and O–H groups in total. The molecule has 5 heteroatoms. The monoisotopic (exact) mass is 327 g/mol. The van der Waals surface area contributed by atoms with Gasteiger partial charge in [-0.1, -0.05) is 30.3 Å². The zero-order chi connectivity index (χ0) is 15.6. The highest BCUT2D eigenvalue weighted by molar-refractivity contribution is 7.13. The summed E-state index contributed by atoms with van der Waals surface area (Å²) in [5.74, 6) is 0.977. The number of hydrogen-bond donors (Lipinski definition) is 0. The second-order valence-electron chi connectivity index (χ2n) is 6.34. The van der Waals surface area contributed by atoms with Crippen LogP contribution in [0.3, 0.4) is 0 Å². The van der Waals surface area contributed by atoms with Crippen molar-refractivity contribution >= 4 is 22.4 Å². The first kappa shape index (κ1) is 14.7. The van der Waals surface area contributed by atoms with Crippen LogP contribution in [0.1, 0.15) is 24.3 Å². The van der Waals surface area contributed by atoms with Crippen molar-refractivity contribution in [3.05, 3.63) is 47.5 Å². The molecule has 120 valence electrons. The van der Waals surface area contributed by atoms with Crippen molar-refractivity contribution in [2.45, 2.75) is 18.8 Å². The molecule has 0 unspecified atom stereocenters. The molecule has 1 saturated heterocycles. The van der Waals surface area contributed by atoms with E-state index < -0.39 is 0 Å². The highest BCUT2D eigenvalue weighted by Gasteiger charge is 2.45. The molecule has 4 nitrogen and oxygen atoms in total. The van der Waals surface area contributed by atoms with E-state index in [1.165, 1.54) is 5.56 Å². The van der Waals surface area contributed by atoms with Crippen LogP contribution in [-0.4, -0.2) is 42.0 Å². The lowest BCUT2D eigenvalue weighted by molar-refractivity contribution is -0.132. The van der Waals surface area contributed by atoms with Gasteiger partial charge in [0.25, 0.3) is 0 Å². The number of thiazole rings is 1. The molecule has 2 aliphatic rings. The van der Waals surface area contributed by atoms with Crippen LogP contribution in [0.5, 0.6) is 0 Å². The van der Waals surface area contributed by atoms with E-state index in [1.807, 2.05) is 17.6 Å². The number of nitrogens with zero attached hydrogens (tertiary/aromatic N) is 3. The topological polar surface area (TPSA) is 36.4 Å². The molecule has 1 aromatic heterocycles. The Morgan fingerprint density at radius 1 is 1.13 bits per heavy atom. The molecule has 23 heavy (non-hydrogen) atoms. The molecule has 1 aromatic carbocycles. The van der Waals surface area contributed by atoms with E-state index in [1.54, 1.807) is 11.3 Å². The van der Waals surface area contributed by atoms with Gasteiger partial charge in [0.1, 0.15) is 0 Å². The van der Waals surface area contributed by atoms with Gasteiger partial charge in [0.15, 0.2) is 5.13 Å². The molecule has 1 amide bonds. The lowest BCUT2D eigenvalue weighted by Crippen LogP contribution is -2.36. The second-order valence-corrected chi connectivity index (χ2v) is 7.21. The van der Waals surface area contributed by atoms with Crippen LogP contribution in [-0.2, 0) is 4.79 Å². The fourth-order valence-corrected chi connectivity index (χ4v) is 4.17. The summed E-state index contributed by atoms with van der Waals surface area (Å²) in [7, 11) is 0. The van der Waals surface area contributed by atoms with Crippen LogP contribution in [0, 0.1) is 5.92 Å². The van der Waals surface area contributed by atoms with Crippen LogP contribution >= 0.6 is 11.3 Å². The van der Waals surface area contributed by atoms with Crippen molar-refractivity contribution in [3.63, 3.8) is 0 Å². The lowest BCUT2D eigenvalue weighted by Gasteiger charge is -2.22. The molecule has 1 aliphatic carbocycles. The molecule has 1 saturated carbocycles. The van der Waals surface area contributed by atoms with E-state index in [2.05, 4.69) is 39.0 Å². The summed E-state index contributed by atoms with van der Waals surface area (Å²) in [6.07, 6.45) is 3.88. The Bertz CT molecular complexity index is 658. The predicted molar refractivity (Wildman–Crippen MR) is 92.8 cm³/mol. The molecular weight excluding hydrogens is 306 g/mol. The van der Waals surface area contributed by atoms with Crippen molar-refractivity contribution in [1.82, 2.24) is 9.88 Å². The van der Waals surface area contributed by atoms with Gasteiger partial charge < -0.3 is 9.80 Å². The number of carbonyl (C=O) groups is 1. The third-order valence-corrected chi connectivity index (χ3v) is 5.66. The quantitative estimate of drug-likeness (QED) is 0.869.